The SMILES string of the molecule is CNCc1ccc(C(=O)NCCCSC2CCCCC2)cc1. The zero-order valence-corrected chi connectivity index (χ0v) is 14.4. The first-order valence-corrected chi connectivity index (χ1v) is 9.48. The van der Waals surface area contributed by atoms with Gasteiger partial charge in [-0.05, 0) is 49.8 Å². The van der Waals surface area contributed by atoms with Gasteiger partial charge in [-0.2, -0.15) is 11.8 Å². The van der Waals surface area contributed by atoms with Gasteiger partial charge in [-0.15, -0.1) is 0 Å². The summed E-state index contributed by atoms with van der Waals surface area (Å²) in [7, 11) is 1.92. The fourth-order valence-electron chi connectivity index (χ4n) is 2.84. The average Bonchev–Trinajstić information content (AvgIpc) is 2.56. The molecule has 0 atom stereocenters. The Labute approximate surface area is 138 Å². The van der Waals surface area contributed by atoms with Crippen LogP contribution in [0.1, 0.15) is 54.4 Å². The minimum atomic E-state index is 0.0404. The summed E-state index contributed by atoms with van der Waals surface area (Å²) in [6.45, 7) is 1.61. The van der Waals surface area contributed by atoms with Gasteiger partial charge in [0.15, 0.2) is 0 Å². The van der Waals surface area contributed by atoms with Crippen molar-refractivity contribution < 1.29 is 4.79 Å². The van der Waals surface area contributed by atoms with Crippen molar-refractivity contribution in [3.63, 3.8) is 0 Å². The molecule has 1 aromatic rings. The molecule has 0 saturated heterocycles. The number of hydrogen-bond donors (Lipinski definition) is 2. The minimum absolute atomic E-state index is 0.0404. The molecule has 1 aromatic carbocycles. The molecule has 2 rings (SSSR count). The van der Waals surface area contributed by atoms with E-state index in [4.69, 9.17) is 0 Å². The second kappa shape index (κ2) is 9.90. The first-order chi connectivity index (χ1) is 10.8. The maximum atomic E-state index is 12.0. The van der Waals surface area contributed by atoms with E-state index >= 15 is 0 Å². The van der Waals surface area contributed by atoms with Gasteiger partial charge in [-0.3, -0.25) is 4.79 Å². The van der Waals surface area contributed by atoms with Gasteiger partial charge < -0.3 is 10.6 Å². The van der Waals surface area contributed by atoms with Crippen molar-refractivity contribution in [2.24, 2.45) is 0 Å². The number of thioether (sulfide) groups is 1. The summed E-state index contributed by atoms with van der Waals surface area (Å²) in [6.07, 6.45) is 8.05. The summed E-state index contributed by atoms with van der Waals surface area (Å²) in [5.41, 5.74) is 1.95. The van der Waals surface area contributed by atoms with Crippen LogP contribution < -0.4 is 10.6 Å². The molecule has 1 saturated carbocycles. The van der Waals surface area contributed by atoms with Crippen molar-refractivity contribution in [3.05, 3.63) is 35.4 Å². The number of rotatable bonds is 8. The number of hydrogen-bond acceptors (Lipinski definition) is 3. The summed E-state index contributed by atoms with van der Waals surface area (Å²) in [4.78, 5) is 12.0. The molecule has 4 heteroatoms. The molecule has 0 unspecified atom stereocenters. The van der Waals surface area contributed by atoms with Crippen molar-refractivity contribution in [2.45, 2.75) is 50.3 Å². The van der Waals surface area contributed by atoms with Crippen LogP contribution in [-0.2, 0) is 6.54 Å². The van der Waals surface area contributed by atoms with E-state index in [-0.39, 0.29) is 5.91 Å². The third-order valence-corrected chi connectivity index (χ3v) is 5.58. The number of benzene rings is 1. The third kappa shape index (κ3) is 6.01. The lowest BCUT2D eigenvalue weighted by Crippen LogP contribution is -2.25. The van der Waals surface area contributed by atoms with Crippen LogP contribution in [0.25, 0.3) is 0 Å². The maximum Gasteiger partial charge on any atom is 0.251 e. The highest BCUT2D eigenvalue weighted by molar-refractivity contribution is 7.99. The molecule has 0 spiro atoms. The molecular weight excluding hydrogens is 292 g/mol. The Morgan fingerprint density at radius 3 is 2.59 bits per heavy atom. The Kier molecular flexibility index (Phi) is 7.81. The summed E-state index contributed by atoms with van der Waals surface area (Å²) < 4.78 is 0. The molecule has 122 valence electrons. The van der Waals surface area contributed by atoms with E-state index in [2.05, 4.69) is 22.4 Å². The molecule has 22 heavy (non-hydrogen) atoms. The van der Waals surface area contributed by atoms with E-state index in [1.807, 2.05) is 31.3 Å². The van der Waals surface area contributed by atoms with Gasteiger partial charge in [-0.25, -0.2) is 0 Å². The van der Waals surface area contributed by atoms with E-state index in [0.29, 0.717) is 0 Å². The second-order valence-electron chi connectivity index (χ2n) is 5.97. The van der Waals surface area contributed by atoms with Gasteiger partial charge in [0, 0.05) is 23.9 Å². The van der Waals surface area contributed by atoms with Gasteiger partial charge in [-0.1, -0.05) is 31.4 Å². The lowest BCUT2D eigenvalue weighted by molar-refractivity contribution is 0.0954. The van der Waals surface area contributed by atoms with E-state index in [9.17, 15) is 4.79 Å². The molecule has 1 amide bonds. The Morgan fingerprint density at radius 2 is 1.91 bits per heavy atom. The zero-order chi connectivity index (χ0) is 15.6. The molecule has 0 bridgehead atoms. The van der Waals surface area contributed by atoms with Crippen molar-refractivity contribution in [1.82, 2.24) is 10.6 Å². The Bertz CT molecular complexity index is 441. The Morgan fingerprint density at radius 1 is 1.18 bits per heavy atom. The average molecular weight is 321 g/mol. The number of carbonyl (C=O) groups is 1. The smallest absolute Gasteiger partial charge is 0.251 e. The Hall–Kier alpha value is -1.00. The Balaban J connectivity index is 1.60. The van der Waals surface area contributed by atoms with Gasteiger partial charge in [0.05, 0.1) is 0 Å². The van der Waals surface area contributed by atoms with Gasteiger partial charge in [0.2, 0.25) is 0 Å². The predicted molar refractivity (Wildman–Crippen MR) is 95.5 cm³/mol. The highest BCUT2D eigenvalue weighted by atomic mass is 32.2. The van der Waals surface area contributed by atoms with Crippen LogP contribution in [0.4, 0.5) is 0 Å². The molecule has 1 fully saturated rings. The number of nitrogens with one attached hydrogen (secondary N) is 2. The number of carbonyl (C=O) groups excluding carboxylic acids is 1. The first kappa shape index (κ1) is 17.4. The molecule has 2 N–H and O–H groups in total. The maximum absolute atomic E-state index is 12.0. The minimum Gasteiger partial charge on any atom is -0.352 e. The van der Waals surface area contributed by atoms with Crippen LogP contribution in [-0.4, -0.2) is 30.5 Å². The third-order valence-electron chi connectivity index (χ3n) is 4.11. The van der Waals surface area contributed by atoms with E-state index in [1.165, 1.54) is 37.7 Å². The highest BCUT2D eigenvalue weighted by Crippen LogP contribution is 2.28. The van der Waals surface area contributed by atoms with Crippen LogP contribution >= 0.6 is 11.8 Å². The summed E-state index contributed by atoms with van der Waals surface area (Å²) in [5, 5.41) is 6.99. The molecular formula is C18H28N2OS. The van der Waals surface area contributed by atoms with Crippen LogP contribution in [0.3, 0.4) is 0 Å². The molecule has 3 nitrogen and oxygen atoms in total. The molecule has 0 aromatic heterocycles. The van der Waals surface area contributed by atoms with E-state index < -0.39 is 0 Å². The quantitative estimate of drug-likeness (QED) is 0.719. The second-order valence-corrected chi connectivity index (χ2v) is 7.38. The lowest BCUT2D eigenvalue weighted by Gasteiger charge is -2.20. The van der Waals surface area contributed by atoms with Gasteiger partial charge >= 0.3 is 0 Å². The summed E-state index contributed by atoms with van der Waals surface area (Å²) >= 11 is 2.09. The monoisotopic (exact) mass is 320 g/mol. The van der Waals surface area contributed by atoms with Gasteiger partial charge in [0.1, 0.15) is 0 Å². The topological polar surface area (TPSA) is 41.1 Å². The van der Waals surface area contributed by atoms with Crippen molar-refractivity contribution in [1.29, 1.82) is 0 Å². The summed E-state index contributed by atoms with van der Waals surface area (Å²) in [5.74, 6) is 1.20. The van der Waals surface area contributed by atoms with Crippen LogP contribution in [0.15, 0.2) is 24.3 Å². The first-order valence-electron chi connectivity index (χ1n) is 8.43. The summed E-state index contributed by atoms with van der Waals surface area (Å²) in [6, 6.07) is 7.81. The van der Waals surface area contributed by atoms with E-state index in [1.54, 1.807) is 0 Å². The lowest BCUT2D eigenvalue weighted by atomic mass is 10.0. The van der Waals surface area contributed by atoms with Crippen molar-refractivity contribution in [2.75, 3.05) is 19.3 Å². The molecule has 0 aliphatic heterocycles. The van der Waals surface area contributed by atoms with Crippen LogP contribution in [0.2, 0.25) is 0 Å². The normalized spacial score (nSPS) is 15.7. The predicted octanol–water partition coefficient (Wildman–Crippen LogP) is 3.59. The standard InChI is InChI=1S/C18H28N2OS/c1-19-14-15-8-10-16(11-9-15)18(21)20-12-5-13-22-17-6-3-2-4-7-17/h8-11,17,19H,2-7,12-14H2,1H3,(H,20,21). The van der Waals surface area contributed by atoms with Crippen molar-refractivity contribution >= 4 is 17.7 Å². The van der Waals surface area contributed by atoms with Crippen LogP contribution in [0.5, 0.6) is 0 Å². The van der Waals surface area contributed by atoms with Crippen molar-refractivity contribution in [3.8, 4) is 0 Å². The fraction of sp³-hybridized carbons (Fsp3) is 0.611. The number of amides is 1. The molecule has 1 aliphatic carbocycles. The molecule has 0 radical (unpaired) electrons. The highest BCUT2D eigenvalue weighted by Gasteiger charge is 2.13. The fourth-order valence-corrected chi connectivity index (χ4v) is 4.15. The zero-order valence-electron chi connectivity index (χ0n) is 13.6. The van der Waals surface area contributed by atoms with Crippen LogP contribution in [0, 0.1) is 0 Å². The molecule has 1 aliphatic rings. The molecule has 0 heterocycles. The van der Waals surface area contributed by atoms with Gasteiger partial charge in [0.25, 0.3) is 5.91 Å². The largest absolute Gasteiger partial charge is 0.352 e. The van der Waals surface area contributed by atoms with E-state index in [0.717, 1.165) is 36.1 Å².